The summed E-state index contributed by atoms with van der Waals surface area (Å²) < 4.78 is 5.23. The van der Waals surface area contributed by atoms with Crippen LogP contribution in [0.15, 0.2) is 0 Å². The fraction of sp³-hybridized carbons (Fsp3) is 0.923. The van der Waals surface area contributed by atoms with E-state index in [0.29, 0.717) is 0 Å². The molecule has 4 nitrogen and oxygen atoms in total. The van der Waals surface area contributed by atoms with Crippen LogP contribution in [0.2, 0.25) is 0 Å². The third kappa shape index (κ3) is 6.64. The Hall–Kier alpha value is -0.610. The van der Waals surface area contributed by atoms with Gasteiger partial charge in [-0.05, 0) is 45.7 Å². The van der Waals surface area contributed by atoms with Gasteiger partial charge in [0.1, 0.15) is 6.61 Å². The highest BCUT2D eigenvalue weighted by Crippen LogP contribution is 2.14. The second kappa shape index (κ2) is 7.67. The monoisotopic (exact) mass is 242 g/mol. The summed E-state index contributed by atoms with van der Waals surface area (Å²) in [5.41, 5.74) is 0. The van der Waals surface area contributed by atoms with Crippen LogP contribution in [-0.4, -0.2) is 49.7 Å². The Balaban J connectivity index is 2.01. The molecule has 1 N–H and O–H groups in total. The number of hydrogen-bond donors (Lipinski definition) is 1. The lowest BCUT2D eigenvalue weighted by molar-refractivity contribution is -0.127. The standard InChI is InChI=1S/C13H26N2O2/c1-11(2)17-10-13(16)14-6-9-15-7-4-12(3)5-8-15/h11-12H,4-10H2,1-3H3,(H,14,16). The second-order valence-electron chi connectivity index (χ2n) is 5.23. The third-order valence-electron chi connectivity index (χ3n) is 3.17. The lowest BCUT2D eigenvalue weighted by Gasteiger charge is -2.30. The molecule has 1 saturated heterocycles. The van der Waals surface area contributed by atoms with Crippen molar-refractivity contribution < 1.29 is 9.53 Å². The molecule has 0 spiro atoms. The number of ether oxygens (including phenoxy) is 1. The van der Waals surface area contributed by atoms with Crippen molar-refractivity contribution >= 4 is 5.91 Å². The molecule has 4 heteroatoms. The van der Waals surface area contributed by atoms with E-state index in [1.54, 1.807) is 0 Å². The van der Waals surface area contributed by atoms with Gasteiger partial charge in [0.25, 0.3) is 0 Å². The van der Waals surface area contributed by atoms with E-state index in [2.05, 4.69) is 17.1 Å². The van der Waals surface area contributed by atoms with Gasteiger partial charge in [0.2, 0.25) is 5.91 Å². The lowest BCUT2D eigenvalue weighted by atomic mass is 9.99. The van der Waals surface area contributed by atoms with E-state index in [4.69, 9.17) is 4.74 Å². The molecule has 0 aromatic rings. The average Bonchev–Trinajstić information content (AvgIpc) is 2.29. The van der Waals surface area contributed by atoms with Crippen molar-refractivity contribution in [2.24, 2.45) is 5.92 Å². The highest BCUT2D eigenvalue weighted by Gasteiger charge is 2.15. The van der Waals surface area contributed by atoms with Crippen molar-refractivity contribution in [2.45, 2.75) is 39.7 Å². The Labute approximate surface area is 105 Å². The minimum Gasteiger partial charge on any atom is -0.369 e. The quantitative estimate of drug-likeness (QED) is 0.762. The zero-order chi connectivity index (χ0) is 12.7. The molecule has 0 aromatic carbocycles. The number of piperidine rings is 1. The summed E-state index contributed by atoms with van der Waals surface area (Å²) in [6, 6.07) is 0. The fourth-order valence-electron chi connectivity index (χ4n) is 1.93. The third-order valence-corrected chi connectivity index (χ3v) is 3.17. The molecule has 0 saturated carbocycles. The van der Waals surface area contributed by atoms with Crippen molar-refractivity contribution in [1.29, 1.82) is 0 Å². The number of nitrogens with zero attached hydrogens (tertiary/aromatic N) is 1. The van der Waals surface area contributed by atoms with Crippen LogP contribution in [0.5, 0.6) is 0 Å². The first-order chi connectivity index (χ1) is 8.08. The normalized spacial score (nSPS) is 18.6. The lowest BCUT2D eigenvalue weighted by Crippen LogP contribution is -2.40. The van der Waals surface area contributed by atoms with Crippen LogP contribution in [0.4, 0.5) is 0 Å². The first-order valence-corrected chi connectivity index (χ1v) is 6.68. The molecule has 0 atom stereocenters. The molecule has 0 unspecified atom stereocenters. The number of rotatable bonds is 6. The van der Waals surface area contributed by atoms with Gasteiger partial charge >= 0.3 is 0 Å². The highest BCUT2D eigenvalue weighted by atomic mass is 16.5. The van der Waals surface area contributed by atoms with Crippen LogP contribution in [0.25, 0.3) is 0 Å². The summed E-state index contributed by atoms with van der Waals surface area (Å²) in [6.45, 7) is 10.4. The van der Waals surface area contributed by atoms with Crippen LogP contribution in [0.3, 0.4) is 0 Å². The van der Waals surface area contributed by atoms with Crippen molar-refractivity contribution in [3.05, 3.63) is 0 Å². The summed E-state index contributed by atoms with van der Waals surface area (Å²) in [5, 5.41) is 2.89. The van der Waals surface area contributed by atoms with Gasteiger partial charge in [0.05, 0.1) is 6.10 Å². The summed E-state index contributed by atoms with van der Waals surface area (Å²) in [5.74, 6) is 0.851. The molecule has 1 rings (SSSR count). The van der Waals surface area contributed by atoms with Gasteiger partial charge < -0.3 is 15.0 Å². The number of hydrogen-bond acceptors (Lipinski definition) is 3. The highest BCUT2D eigenvalue weighted by molar-refractivity contribution is 5.77. The molecule has 0 radical (unpaired) electrons. The molecule has 100 valence electrons. The van der Waals surface area contributed by atoms with E-state index in [-0.39, 0.29) is 18.6 Å². The summed E-state index contributed by atoms with van der Waals surface area (Å²) >= 11 is 0. The van der Waals surface area contributed by atoms with Crippen molar-refractivity contribution in [3.63, 3.8) is 0 Å². The predicted molar refractivity (Wildman–Crippen MR) is 68.9 cm³/mol. The Morgan fingerprint density at radius 2 is 2.06 bits per heavy atom. The Morgan fingerprint density at radius 1 is 1.41 bits per heavy atom. The van der Waals surface area contributed by atoms with Crippen molar-refractivity contribution in [1.82, 2.24) is 10.2 Å². The molecular weight excluding hydrogens is 216 g/mol. The van der Waals surface area contributed by atoms with E-state index in [1.165, 1.54) is 25.9 Å². The SMILES string of the molecule is CC1CCN(CCNC(=O)COC(C)C)CC1. The Kier molecular flexibility index (Phi) is 6.52. The Bertz CT molecular complexity index is 223. The number of nitrogens with one attached hydrogen (secondary N) is 1. The summed E-state index contributed by atoms with van der Waals surface area (Å²) in [7, 11) is 0. The molecule has 0 aliphatic carbocycles. The topological polar surface area (TPSA) is 41.6 Å². The molecule has 1 aliphatic rings. The number of carbonyl (C=O) groups excluding carboxylic acids is 1. The molecule has 0 aromatic heterocycles. The molecule has 1 amide bonds. The maximum atomic E-state index is 11.4. The van der Waals surface area contributed by atoms with Crippen LogP contribution < -0.4 is 5.32 Å². The van der Waals surface area contributed by atoms with E-state index in [9.17, 15) is 4.79 Å². The van der Waals surface area contributed by atoms with E-state index in [1.807, 2.05) is 13.8 Å². The molecule has 1 fully saturated rings. The predicted octanol–water partition coefficient (Wildman–Crippen LogP) is 1.26. The van der Waals surface area contributed by atoms with E-state index < -0.39 is 0 Å². The van der Waals surface area contributed by atoms with Gasteiger partial charge in [-0.15, -0.1) is 0 Å². The van der Waals surface area contributed by atoms with Crippen molar-refractivity contribution in [3.8, 4) is 0 Å². The zero-order valence-electron chi connectivity index (χ0n) is 11.4. The van der Waals surface area contributed by atoms with Gasteiger partial charge in [-0.25, -0.2) is 0 Å². The molecule has 17 heavy (non-hydrogen) atoms. The zero-order valence-corrected chi connectivity index (χ0v) is 11.4. The first kappa shape index (κ1) is 14.5. The number of likely N-dealkylation sites (tertiary alicyclic amines) is 1. The van der Waals surface area contributed by atoms with Gasteiger partial charge in [-0.2, -0.15) is 0 Å². The number of amides is 1. The van der Waals surface area contributed by atoms with Crippen molar-refractivity contribution in [2.75, 3.05) is 32.8 Å². The maximum absolute atomic E-state index is 11.4. The number of carbonyl (C=O) groups is 1. The average molecular weight is 242 g/mol. The van der Waals surface area contributed by atoms with Gasteiger partial charge in [-0.1, -0.05) is 6.92 Å². The maximum Gasteiger partial charge on any atom is 0.246 e. The molecule has 0 bridgehead atoms. The van der Waals surface area contributed by atoms with Crippen LogP contribution in [0.1, 0.15) is 33.6 Å². The van der Waals surface area contributed by atoms with Crippen LogP contribution >= 0.6 is 0 Å². The van der Waals surface area contributed by atoms with Gasteiger partial charge in [0, 0.05) is 13.1 Å². The van der Waals surface area contributed by atoms with Crippen LogP contribution in [0, 0.1) is 5.92 Å². The Morgan fingerprint density at radius 3 is 2.65 bits per heavy atom. The van der Waals surface area contributed by atoms with E-state index >= 15 is 0 Å². The summed E-state index contributed by atoms with van der Waals surface area (Å²) in [6.07, 6.45) is 2.68. The van der Waals surface area contributed by atoms with Gasteiger partial charge in [0.15, 0.2) is 0 Å². The first-order valence-electron chi connectivity index (χ1n) is 6.68. The molecule has 1 heterocycles. The minimum atomic E-state index is -0.0101. The van der Waals surface area contributed by atoms with Gasteiger partial charge in [-0.3, -0.25) is 4.79 Å². The fourth-order valence-corrected chi connectivity index (χ4v) is 1.93. The minimum absolute atomic E-state index is 0.0101. The van der Waals surface area contributed by atoms with E-state index in [0.717, 1.165) is 19.0 Å². The summed E-state index contributed by atoms with van der Waals surface area (Å²) in [4.78, 5) is 13.8. The largest absolute Gasteiger partial charge is 0.369 e. The molecular formula is C13H26N2O2. The second-order valence-corrected chi connectivity index (χ2v) is 5.23. The van der Waals surface area contributed by atoms with Crippen LogP contribution in [-0.2, 0) is 9.53 Å². The molecule has 1 aliphatic heterocycles. The smallest absolute Gasteiger partial charge is 0.246 e.